The highest BCUT2D eigenvalue weighted by Crippen LogP contribution is 2.22. The van der Waals surface area contributed by atoms with Crippen molar-refractivity contribution < 1.29 is 0 Å². The highest BCUT2D eigenvalue weighted by atomic mass is 15.0. The second-order valence-electron chi connectivity index (χ2n) is 6.14. The van der Waals surface area contributed by atoms with E-state index in [1.807, 2.05) is 31.2 Å². The third-order valence-electron chi connectivity index (χ3n) is 3.71. The van der Waals surface area contributed by atoms with Gasteiger partial charge in [0.15, 0.2) is 0 Å². The molecule has 2 aromatic carbocycles. The Hall–Kier alpha value is -2.27. The van der Waals surface area contributed by atoms with Crippen LogP contribution >= 0.6 is 0 Å². The smallest absolute Gasteiger partial charge is 0.0994 e. The highest BCUT2D eigenvalue weighted by molar-refractivity contribution is 5.52. The number of hydrogen-bond donors (Lipinski definition) is 1. The van der Waals surface area contributed by atoms with E-state index in [0.29, 0.717) is 0 Å². The monoisotopic (exact) mass is 278 g/mol. The zero-order valence-corrected chi connectivity index (χ0v) is 13.0. The molecule has 0 aromatic heterocycles. The van der Waals surface area contributed by atoms with Crippen molar-refractivity contribution >= 4 is 5.69 Å². The van der Waals surface area contributed by atoms with Crippen LogP contribution in [0.5, 0.6) is 0 Å². The maximum absolute atomic E-state index is 8.98. The Bertz CT molecular complexity index is 636. The van der Waals surface area contributed by atoms with Crippen molar-refractivity contribution in [2.45, 2.75) is 39.2 Å². The van der Waals surface area contributed by atoms with Crippen molar-refractivity contribution in [1.82, 2.24) is 0 Å². The molecule has 2 rings (SSSR count). The van der Waals surface area contributed by atoms with Crippen molar-refractivity contribution in [2.75, 3.05) is 5.32 Å². The fraction of sp³-hybridized carbons (Fsp3) is 0.316. The molecule has 0 saturated heterocycles. The number of aryl methyl sites for hydroxylation is 2. The fourth-order valence-electron chi connectivity index (χ4n) is 2.42. The summed E-state index contributed by atoms with van der Waals surface area (Å²) in [5.41, 5.74) is 4.20. The maximum atomic E-state index is 8.98. The molecule has 108 valence electrons. The maximum Gasteiger partial charge on any atom is 0.0994 e. The summed E-state index contributed by atoms with van der Waals surface area (Å²) < 4.78 is 0. The standard InChI is InChI=1S/C19H22N2/c1-15-13-18(10-9-17(15)14-20)21-19(2,3)12-11-16-7-5-4-6-8-16/h4-10,13,21H,11-12H2,1-3H3. The lowest BCUT2D eigenvalue weighted by Crippen LogP contribution is -2.31. The van der Waals surface area contributed by atoms with Crippen molar-refractivity contribution in [3.8, 4) is 6.07 Å². The summed E-state index contributed by atoms with van der Waals surface area (Å²) in [6.45, 7) is 6.40. The Balaban J connectivity index is 2.00. The van der Waals surface area contributed by atoms with Gasteiger partial charge in [0.05, 0.1) is 11.6 Å². The molecule has 2 aromatic rings. The van der Waals surface area contributed by atoms with Gasteiger partial charge in [0.25, 0.3) is 0 Å². The number of benzene rings is 2. The summed E-state index contributed by atoms with van der Waals surface area (Å²) in [5.74, 6) is 0. The highest BCUT2D eigenvalue weighted by Gasteiger charge is 2.17. The molecule has 1 N–H and O–H groups in total. The van der Waals surface area contributed by atoms with Crippen molar-refractivity contribution in [3.05, 3.63) is 65.2 Å². The van der Waals surface area contributed by atoms with Gasteiger partial charge in [0.2, 0.25) is 0 Å². The Morgan fingerprint density at radius 3 is 2.43 bits per heavy atom. The lowest BCUT2D eigenvalue weighted by atomic mass is 9.94. The summed E-state index contributed by atoms with van der Waals surface area (Å²) in [4.78, 5) is 0. The first-order valence-corrected chi connectivity index (χ1v) is 7.33. The zero-order chi connectivity index (χ0) is 15.3. The minimum absolute atomic E-state index is 0.0104. The predicted octanol–water partition coefficient (Wildman–Crippen LogP) is 4.69. The summed E-state index contributed by atoms with van der Waals surface area (Å²) in [6.07, 6.45) is 2.10. The van der Waals surface area contributed by atoms with E-state index >= 15 is 0 Å². The summed E-state index contributed by atoms with van der Waals surface area (Å²) in [7, 11) is 0. The Morgan fingerprint density at radius 2 is 1.81 bits per heavy atom. The molecule has 0 amide bonds. The number of hydrogen-bond acceptors (Lipinski definition) is 2. The van der Waals surface area contributed by atoms with Gasteiger partial charge in [-0.3, -0.25) is 0 Å². The van der Waals surface area contributed by atoms with Crippen LogP contribution in [0.3, 0.4) is 0 Å². The zero-order valence-electron chi connectivity index (χ0n) is 13.0. The second kappa shape index (κ2) is 6.45. The van der Waals surface area contributed by atoms with E-state index in [4.69, 9.17) is 5.26 Å². The molecule has 0 atom stereocenters. The van der Waals surface area contributed by atoms with Gasteiger partial charge in [-0.25, -0.2) is 0 Å². The van der Waals surface area contributed by atoms with E-state index in [-0.39, 0.29) is 5.54 Å². The van der Waals surface area contributed by atoms with Crippen LogP contribution < -0.4 is 5.32 Å². The molecular formula is C19H22N2. The first kappa shape index (κ1) is 15.1. The third-order valence-corrected chi connectivity index (χ3v) is 3.71. The van der Waals surface area contributed by atoms with Gasteiger partial charge >= 0.3 is 0 Å². The Labute approximate surface area is 127 Å². The molecule has 0 saturated carbocycles. The SMILES string of the molecule is Cc1cc(NC(C)(C)CCc2ccccc2)ccc1C#N. The minimum Gasteiger partial charge on any atom is -0.380 e. The van der Waals surface area contributed by atoms with Crippen molar-refractivity contribution in [3.63, 3.8) is 0 Å². The summed E-state index contributed by atoms with van der Waals surface area (Å²) in [6, 6.07) is 18.7. The Kier molecular flexibility index (Phi) is 4.65. The van der Waals surface area contributed by atoms with E-state index in [1.54, 1.807) is 0 Å². The van der Waals surface area contributed by atoms with E-state index < -0.39 is 0 Å². The van der Waals surface area contributed by atoms with Gasteiger partial charge < -0.3 is 5.32 Å². The van der Waals surface area contributed by atoms with Gasteiger partial charge in [-0.15, -0.1) is 0 Å². The first-order chi connectivity index (χ1) is 10.00. The largest absolute Gasteiger partial charge is 0.380 e. The number of nitrogens with one attached hydrogen (secondary N) is 1. The summed E-state index contributed by atoms with van der Waals surface area (Å²) >= 11 is 0. The van der Waals surface area contributed by atoms with Crippen LogP contribution in [0, 0.1) is 18.3 Å². The van der Waals surface area contributed by atoms with Gasteiger partial charge in [-0.1, -0.05) is 30.3 Å². The topological polar surface area (TPSA) is 35.8 Å². The molecule has 0 fully saturated rings. The lowest BCUT2D eigenvalue weighted by molar-refractivity contribution is 0.518. The van der Waals surface area contributed by atoms with Gasteiger partial charge in [-0.05, 0) is 62.9 Å². The van der Waals surface area contributed by atoms with Crippen LogP contribution in [0.2, 0.25) is 0 Å². The molecule has 2 heteroatoms. The third kappa shape index (κ3) is 4.36. The van der Waals surface area contributed by atoms with Gasteiger partial charge in [0, 0.05) is 11.2 Å². The molecule has 0 heterocycles. The molecular weight excluding hydrogens is 256 g/mol. The van der Waals surface area contributed by atoms with Crippen LogP contribution in [-0.2, 0) is 6.42 Å². The predicted molar refractivity (Wildman–Crippen MR) is 88.4 cm³/mol. The number of rotatable bonds is 5. The van der Waals surface area contributed by atoms with Gasteiger partial charge in [-0.2, -0.15) is 5.26 Å². The van der Waals surface area contributed by atoms with E-state index in [9.17, 15) is 0 Å². The average Bonchev–Trinajstić information content (AvgIpc) is 2.46. The molecule has 2 nitrogen and oxygen atoms in total. The fourth-order valence-corrected chi connectivity index (χ4v) is 2.42. The molecule has 0 bridgehead atoms. The Morgan fingerprint density at radius 1 is 1.10 bits per heavy atom. The van der Waals surface area contributed by atoms with E-state index in [0.717, 1.165) is 29.7 Å². The molecule has 0 unspecified atom stereocenters. The molecule has 0 aliphatic carbocycles. The summed E-state index contributed by atoms with van der Waals surface area (Å²) in [5, 5.41) is 12.6. The number of nitrogens with zero attached hydrogens (tertiary/aromatic N) is 1. The molecule has 0 spiro atoms. The molecule has 0 aliphatic rings. The van der Waals surface area contributed by atoms with Crippen molar-refractivity contribution in [2.24, 2.45) is 0 Å². The first-order valence-electron chi connectivity index (χ1n) is 7.33. The molecule has 21 heavy (non-hydrogen) atoms. The van der Waals surface area contributed by atoms with Crippen LogP contribution in [0.25, 0.3) is 0 Å². The van der Waals surface area contributed by atoms with E-state index in [2.05, 4.69) is 49.5 Å². The second-order valence-corrected chi connectivity index (χ2v) is 6.14. The quantitative estimate of drug-likeness (QED) is 0.861. The number of anilines is 1. The normalized spacial score (nSPS) is 11.0. The molecule has 0 aliphatic heterocycles. The van der Waals surface area contributed by atoms with Crippen LogP contribution in [-0.4, -0.2) is 5.54 Å². The van der Waals surface area contributed by atoms with Crippen LogP contribution in [0.1, 0.15) is 37.0 Å². The van der Waals surface area contributed by atoms with Crippen molar-refractivity contribution in [1.29, 1.82) is 5.26 Å². The van der Waals surface area contributed by atoms with Crippen LogP contribution in [0.4, 0.5) is 5.69 Å². The molecule has 0 radical (unpaired) electrons. The average molecular weight is 278 g/mol. The lowest BCUT2D eigenvalue weighted by Gasteiger charge is -2.28. The van der Waals surface area contributed by atoms with Crippen LogP contribution in [0.15, 0.2) is 48.5 Å². The number of nitriles is 1. The van der Waals surface area contributed by atoms with E-state index in [1.165, 1.54) is 5.56 Å². The van der Waals surface area contributed by atoms with Gasteiger partial charge in [0.1, 0.15) is 0 Å². The minimum atomic E-state index is 0.0104.